The van der Waals surface area contributed by atoms with E-state index in [0.717, 1.165) is 12.1 Å². The summed E-state index contributed by atoms with van der Waals surface area (Å²) in [7, 11) is 1.66. The van der Waals surface area contributed by atoms with Crippen molar-refractivity contribution in [2.45, 2.75) is 6.54 Å². The van der Waals surface area contributed by atoms with Gasteiger partial charge in [-0.05, 0) is 12.1 Å². The zero-order valence-corrected chi connectivity index (χ0v) is 11.9. The SMILES string of the molecule is C=CCOc1c(Cl)cc(Cl)cc1CNCCOC. The summed E-state index contributed by atoms with van der Waals surface area (Å²) in [5, 5.41) is 4.33. The number of rotatable bonds is 8. The van der Waals surface area contributed by atoms with E-state index in [1.54, 1.807) is 19.3 Å². The Balaban J connectivity index is 2.75. The van der Waals surface area contributed by atoms with E-state index >= 15 is 0 Å². The molecule has 0 spiro atoms. The van der Waals surface area contributed by atoms with E-state index in [1.165, 1.54) is 0 Å². The van der Waals surface area contributed by atoms with Gasteiger partial charge in [-0.3, -0.25) is 0 Å². The van der Waals surface area contributed by atoms with E-state index in [4.69, 9.17) is 32.7 Å². The fraction of sp³-hybridized carbons (Fsp3) is 0.385. The van der Waals surface area contributed by atoms with E-state index in [-0.39, 0.29) is 0 Å². The largest absolute Gasteiger partial charge is 0.488 e. The molecule has 1 N–H and O–H groups in total. The first-order valence-corrected chi connectivity index (χ1v) is 6.36. The van der Waals surface area contributed by atoms with Gasteiger partial charge in [0.15, 0.2) is 0 Å². The summed E-state index contributed by atoms with van der Waals surface area (Å²) in [5.74, 6) is 0.644. The lowest BCUT2D eigenvalue weighted by molar-refractivity contribution is 0.199. The molecule has 5 heteroatoms. The summed E-state index contributed by atoms with van der Waals surface area (Å²) < 4.78 is 10.5. The van der Waals surface area contributed by atoms with Gasteiger partial charge in [-0.2, -0.15) is 0 Å². The molecule has 0 fully saturated rings. The zero-order chi connectivity index (χ0) is 13.4. The van der Waals surface area contributed by atoms with Gasteiger partial charge in [0.25, 0.3) is 0 Å². The van der Waals surface area contributed by atoms with Crippen LogP contribution in [0.3, 0.4) is 0 Å². The molecule has 0 aliphatic rings. The number of hydrogen-bond donors (Lipinski definition) is 1. The number of ether oxygens (including phenoxy) is 2. The Kier molecular flexibility index (Phi) is 7.13. The van der Waals surface area contributed by atoms with Crippen molar-refractivity contribution in [2.75, 3.05) is 26.9 Å². The molecule has 0 saturated heterocycles. The van der Waals surface area contributed by atoms with Crippen molar-refractivity contribution in [3.05, 3.63) is 40.4 Å². The Hall–Kier alpha value is -0.740. The van der Waals surface area contributed by atoms with Crippen molar-refractivity contribution in [3.8, 4) is 5.75 Å². The first kappa shape index (κ1) is 15.3. The Morgan fingerprint density at radius 1 is 1.39 bits per heavy atom. The van der Waals surface area contributed by atoms with Crippen molar-refractivity contribution in [2.24, 2.45) is 0 Å². The summed E-state index contributed by atoms with van der Waals surface area (Å²) in [5.41, 5.74) is 0.922. The molecule has 1 rings (SSSR count). The van der Waals surface area contributed by atoms with Crippen molar-refractivity contribution in [1.29, 1.82) is 0 Å². The summed E-state index contributed by atoms with van der Waals surface area (Å²) in [6.45, 7) is 6.04. The van der Waals surface area contributed by atoms with Gasteiger partial charge in [0.2, 0.25) is 0 Å². The van der Waals surface area contributed by atoms with Gasteiger partial charge in [0.1, 0.15) is 12.4 Å². The van der Waals surface area contributed by atoms with Crippen LogP contribution >= 0.6 is 23.2 Å². The van der Waals surface area contributed by atoms with Crippen molar-refractivity contribution in [3.63, 3.8) is 0 Å². The van der Waals surface area contributed by atoms with E-state index in [0.29, 0.717) is 35.6 Å². The molecular weight excluding hydrogens is 273 g/mol. The molecule has 3 nitrogen and oxygen atoms in total. The van der Waals surface area contributed by atoms with Gasteiger partial charge in [0.05, 0.1) is 11.6 Å². The number of hydrogen-bond acceptors (Lipinski definition) is 3. The lowest BCUT2D eigenvalue weighted by Gasteiger charge is -2.13. The van der Waals surface area contributed by atoms with Crippen LogP contribution in [0.15, 0.2) is 24.8 Å². The maximum absolute atomic E-state index is 6.11. The van der Waals surface area contributed by atoms with Crippen molar-refractivity contribution in [1.82, 2.24) is 5.32 Å². The average molecular weight is 290 g/mol. The molecule has 0 bridgehead atoms. The minimum absolute atomic E-state index is 0.409. The smallest absolute Gasteiger partial charge is 0.142 e. The molecule has 1 aromatic rings. The molecule has 0 aliphatic heterocycles. The second kappa shape index (κ2) is 8.38. The van der Waals surface area contributed by atoms with Crippen LogP contribution in [-0.2, 0) is 11.3 Å². The molecule has 0 aromatic heterocycles. The van der Waals surface area contributed by atoms with Gasteiger partial charge in [-0.1, -0.05) is 35.9 Å². The highest BCUT2D eigenvalue weighted by atomic mass is 35.5. The van der Waals surface area contributed by atoms with Crippen LogP contribution in [0.25, 0.3) is 0 Å². The van der Waals surface area contributed by atoms with Crippen LogP contribution in [0.5, 0.6) is 5.75 Å². The first-order chi connectivity index (χ1) is 8.69. The molecule has 100 valence electrons. The molecule has 18 heavy (non-hydrogen) atoms. The van der Waals surface area contributed by atoms with Gasteiger partial charge >= 0.3 is 0 Å². The summed E-state index contributed by atoms with van der Waals surface area (Å²) in [4.78, 5) is 0. The molecular formula is C13H17Cl2NO2. The Morgan fingerprint density at radius 3 is 2.83 bits per heavy atom. The molecule has 0 aliphatic carbocycles. The molecule has 0 amide bonds. The van der Waals surface area contributed by atoms with Gasteiger partial charge < -0.3 is 14.8 Å². The third kappa shape index (κ3) is 4.86. The fourth-order valence-electron chi connectivity index (χ4n) is 1.45. The van der Waals surface area contributed by atoms with Gasteiger partial charge in [-0.15, -0.1) is 0 Å². The number of benzene rings is 1. The van der Waals surface area contributed by atoms with Crippen LogP contribution in [0.4, 0.5) is 0 Å². The number of halogens is 2. The van der Waals surface area contributed by atoms with Crippen LogP contribution < -0.4 is 10.1 Å². The Labute approximate surface area is 118 Å². The summed E-state index contributed by atoms with van der Waals surface area (Å²) in [6.07, 6.45) is 1.67. The summed E-state index contributed by atoms with van der Waals surface area (Å²) in [6, 6.07) is 3.51. The van der Waals surface area contributed by atoms with Gasteiger partial charge in [-0.25, -0.2) is 0 Å². The molecule has 0 heterocycles. The monoisotopic (exact) mass is 289 g/mol. The Bertz CT molecular complexity index is 397. The van der Waals surface area contributed by atoms with Crippen LogP contribution in [0.2, 0.25) is 10.0 Å². The van der Waals surface area contributed by atoms with Gasteiger partial charge in [0, 0.05) is 30.8 Å². The third-order valence-corrected chi connectivity index (χ3v) is 2.73. The van der Waals surface area contributed by atoms with Crippen LogP contribution in [-0.4, -0.2) is 26.9 Å². The second-order valence-corrected chi connectivity index (χ2v) is 4.49. The maximum atomic E-state index is 6.11. The molecule has 0 unspecified atom stereocenters. The summed E-state index contributed by atoms with van der Waals surface area (Å²) >= 11 is 12.1. The first-order valence-electron chi connectivity index (χ1n) is 5.60. The second-order valence-electron chi connectivity index (χ2n) is 3.65. The highest BCUT2D eigenvalue weighted by molar-refractivity contribution is 6.35. The molecule has 1 aromatic carbocycles. The lowest BCUT2D eigenvalue weighted by atomic mass is 10.2. The predicted molar refractivity (Wildman–Crippen MR) is 75.7 cm³/mol. The number of nitrogens with one attached hydrogen (secondary N) is 1. The molecule has 0 saturated carbocycles. The quantitative estimate of drug-likeness (QED) is 0.588. The highest BCUT2D eigenvalue weighted by Crippen LogP contribution is 2.32. The predicted octanol–water partition coefficient (Wildman–Crippen LogP) is 3.29. The third-order valence-electron chi connectivity index (χ3n) is 2.23. The Morgan fingerprint density at radius 2 is 2.17 bits per heavy atom. The number of methoxy groups -OCH3 is 1. The zero-order valence-electron chi connectivity index (χ0n) is 10.3. The van der Waals surface area contributed by atoms with E-state index in [9.17, 15) is 0 Å². The normalized spacial score (nSPS) is 10.4. The fourth-order valence-corrected chi connectivity index (χ4v) is 2.04. The van der Waals surface area contributed by atoms with E-state index in [1.807, 2.05) is 6.07 Å². The topological polar surface area (TPSA) is 30.5 Å². The lowest BCUT2D eigenvalue weighted by Crippen LogP contribution is -2.19. The van der Waals surface area contributed by atoms with Crippen LogP contribution in [0, 0.1) is 0 Å². The highest BCUT2D eigenvalue weighted by Gasteiger charge is 2.10. The van der Waals surface area contributed by atoms with E-state index < -0.39 is 0 Å². The minimum Gasteiger partial charge on any atom is -0.488 e. The molecule has 0 atom stereocenters. The minimum atomic E-state index is 0.409. The maximum Gasteiger partial charge on any atom is 0.142 e. The van der Waals surface area contributed by atoms with Crippen molar-refractivity contribution >= 4 is 23.2 Å². The standard InChI is InChI=1S/C13H17Cl2NO2/c1-3-5-18-13-10(9-16-4-6-17-2)7-11(14)8-12(13)15/h3,7-8,16H,1,4-6,9H2,2H3. The van der Waals surface area contributed by atoms with Crippen molar-refractivity contribution < 1.29 is 9.47 Å². The van der Waals surface area contributed by atoms with Crippen LogP contribution in [0.1, 0.15) is 5.56 Å². The molecule has 0 radical (unpaired) electrons. The van der Waals surface area contributed by atoms with E-state index in [2.05, 4.69) is 11.9 Å². The average Bonchev–Trinajstić information content (AvgIpc) is 2.33.